The summed E-state index contributed by atoms with van der Waals surface area (Å²) in [7, 11) is 0. The third-order valence-electron chi connectivity index (χ3n) is 5.01. The number of anilines is 1. The van der Waals surface area contributed by atoms with Gasteiger partial charge in [-0.2, -0.15) is 0 Å². The van der Waals surface area contributed by atoms with Gasteiger partial charge in [-0.1, -0.05) is 60.7 Å². The third-order valence-corrected chi connectivity index (χ3v) is 5.01. The second-order valence-electron chi connectivity index (χ2n) is 7.59. The second kappa shape index (κ2) is 9.76. The van der Waals surface area contributed by atoms with E-state index in [0.717, 1.165) is 29.7 Å². The molecule has 0 spiro atoms. The van der Waals surface area contributed by atoms with Gasteiger partial charge in [-0.3, -0.25) is 20.0 Å². The summed E-state index contributed by atoms with van der Waals surface area (Å²) in [6, 6.07) is 27.3. The Labute approximate surface area is 182 Å². The minimum absolute atomic E-state index is 0.0461. The highest BCUT2D eigenvalue weighted by Gasteiger charge is 2.23. The van der Waals surface area contributed by atoms with Crippen molar-refractivity contribution in [3.05, 3.63) is 108 Å². The zero-order valence-corrected chi connectivity index (χ0v) is 17.2. The molecule has 156 valence electrons. The van der Waals surface area contributed by atoms with Crippen LogP contribution in [0.25, 0.3) is 6.08 Å². The number of carbonyl (C=O) groups is 2. The van der Waals surface area contributed by atoms with Gasteiger partial charge in [0, 0.05) is 17.7 Å². The van der Waals surface area contributed by atoms with E-state index < -0.39 is 0 Å². The molecule has 5 nitrogen and oxygen atoms in total. The molecular weight excluding hydrogens is 386 g/mol. The van der Waals surface area contributed by atoms with Crippen molar-refractivity contribution < 1.29 is 9.59 Å². The highest BCUT2D eigenvalue weighted by atomic mass is 16.2. The maximum absolute atomic E-state index is 12.6. The molecule has 31 heavy (non-hydrogen) atoms. The van der Waals surface area contributed by atoms with Crippen molar-refractivity contribution in [2.45, 2.75) is 25.4 Å². The number of nitrogens with zero attached hydrogens (tertiary/aromatic N) is 1. The number of amides is 2. The van der Waals surface area contributed by atoms with Gasteiger partial charge in [0.15, 0.2) is 0 Å². The van der Waals surface area contributed by atoms with Crippen LogP contribution in [0.4, 0.5) is 5.69 Å². The predicted octanol–water partition coefficient (Wildman–Crippen LogP) is 4.33. The summed E-state index contributed by atoms with van der Waals surface area (Å²) in [5.74, 6) is -0.273. The van der Waals surface area contributed by atoms with Crippen LogP contribution in [0, 0.1) is 0 Å². The van der Waals surface area contributed by atoms with Crippen LogP contribution in [0.5, 0.6) is 0 Å². The molecule has 0 atom stereocenters. The first-order chi connectivity index (χ1) is 15.2. The SMILES string of the molecule is O=C(/C=C/c1ccc(C(=O)NC2CC2)cc1)NN(Cc1ccccc1)c1ccccc1. The van der Waals surface area contributed by atoms with E-state index in [-0.39, 0.29) is 11.8 Å². The van der Waals surface area contributed by atoms with Gasteiger partial charge in [-0.25, -0.2) is 0 Å². The van der Waals surface area contributed by atoms with Crippen molar-refractivity contribution in [1.29, 1.82) is 0 Å². The topological polar surface area (TPSA) is 61.4 Å². The lowest BCUT2D eigenvalue weighted by molar-refractivity contribution is -0.116. The number of para-hydroxylation sites is 1. The Kier molecular flexibility index (Phi) is 6.43. The fraction of sp³-hybridized carbons (Fsp3) is 0.154. The van der Waals surface area contributed by atoms with Crippen molar-refractivity contribution >= 4 is 23.6 Å². The Morgan fingerprint density at radius 2 is 1.52 bits per heavy atom. The van der Waals surface area contributed by atoms with E-state index in [9.17, 15) is 9.59 Å². The van der Waals surface area contributed by atoms with Crippen molar-refractivity contribution in [3.63, 3.8) is 0 Å². The number of rotatable bonds is 8. The number of benzene rings is 3. The molecule has 2 N–H and O–H groups in total. The Hall–Kier alpha value is -3.86. The molecular formula is C26H25N3O2. The predicted molar refractivity (Wildman–Crippen MR) is 123 cm³/mol. The average Bonchev–Trinajstić information content (AvgIpc) is 3.63. The number of hydrogen-bond donors (Lipinski definition) is 2. The first-order valence-corrected chi connectivity index (χ1v) is 10.4. The normalized spacial score (nSPS) is 13.0. The Morgan fingerprint density at radius 1 is 0.871 bits per heavy atom. The molecule has 1 fully saturated rings. The minimum atomic E-state index is -0.227. The van der Waals surface area contributed by atoms with Gasteiger partial charge in [-0.15, -0.1) is 0 Å². The standard InChI is InChI=1S/C26H25N3O2/c30-25(18-13-20-11-14-22(15-12-20)26(31)27-23-16-17-23)28-29(24-9-5-2-6-10-24)19-21-7-3-1-4-8-21/h1-15,18,23H,16-17,19H2,(H,27,31)(H,28,30)/b18-13+. The fourth-order valence-corrected chi connectivity index (χ4v) is 3.15. The molecule has 1 aliphatic rings. The molecule has 4 rings (SSSR count). The third kappa shape index (κ3) is 6.06. The highest BCUT2D eigenvalue weighted by Crippen LogP contribution is 2.19. The van der Waals surface area contributed by atoms with E-state index in [1.807, 2.05) is 77.8 Å². The Morgan fingerprint density at radius 3 is 2.16 bits per heavy atom. The largest absolute Gasteiger partial charge is 0.349 e. The maximum Gasteiger partial charge on any atom is 0.262 e. The van der Waals surface area contributed by atoms with Gasteiger partial charge < -0.3 is 5.32 Å². The van der Waals surface area contributed by atoms with Gasteiger partial charge in [0.25, 0.3) is 11.8 Å². The molecule has 0 aromatic heterocycles. The molecule has 0 unspecified atom stereocenters. The van der Waals surface area contributed by atoms with Crippen LogP contribution in [-0.4, -0.2) is 17.9 Å². The smallest absolute Gasteiger partial charge is 0.262 e. The van der Waals surface area contributed by atoms with Gasteiger partial charge in [0.05, 0.1) is 12.2 Å². The molecule has 0 bridgehead atoms. The van der Waals surface area contributed by atoms with Crippen LogP contribution in [0.1, 0.15) is 34.3 Å². The number of nitrogens with one attached hydrogen (secondary N) is 2. The number of hydrogen-bond acceptors (Lipinski definition) is 3. The lowest BCUT2D eigenvalue weighted by Gasteiger charge is -2.25. The first-order valence-electron chi connectivity index (χ1n) is 10.4. The molecule has 0 heterocycles. The quantitative estimate of drug-likeness (QED) is 0.428. The van der Waals surface area contributed by atoms with Crippen molar-refractivity contribution in [2.24, 2.45) is 0 Å². The van der Waals surface area contributed by atoms with Crippen molar-refractivity contribution in [2.75, 3.05) is 5.01 Å². The maximum atomic E-state index is 12.6. The van der Waals surface area contributed by atoms with Crippen LogP contribution >= 0.6 is 0 Å². The van der Waals surface area contributed by atoms with Crippen LogP contribution in [0.2, 0.25) is 0 Å². The molecule has 1 saturated carbocycles. The van der Waals surface area contributed by atoms with Crippen LogP contribution in [0.15, 0.2) is 91.0 Å². The fourth-order valence-electron chi connectivity index (χ4n) is 3.15. The summed E-state index contributed by atoms with van der Waals surface area (Å²) in [6.45, 7) is 0.551. The van der Waals surface area contributed by atoms with Gasteiger partial charge in [-0.05, 0) is 54.3 Å². The number of hydrazine groups is 1. The highest BCUT2D eigenvalue weighted by molar-refractivity contribution is 5.95. The zero-order valence-electron chi connectivity index (χ0n) is 17.2. The summed E-state index contributed by atoms with van der Waals surface area (Å²) >= 11 is 0. The number of carbonyl (C=O) groups excluding carboxylic acids is 2. The van der Waals surface area contributed by atoms with E-state index in [4.69, 9.17) is 0 Å². The monoisotopic (exact) mass is 411 g/mol. The second-order valence-corrected chi connectivity index (χ2v) is 7.59. The molecule has 3 aromatic carbocycles. The van der Waals surface area contributed by atoms with Crippen LogP contribution < -0.4 is 15.8 Å². The zero-order chi connectivity index (χ0) is 21.5. The average molecular weight is 412 g/mol. The molecule has 3 aromatic rings. The molecule has 0 saturated heterocycles. The summed E-state index contributed by atoms with van der Waals surface area (Å²) < 4.78 is 0. The summed E-state index contributed by atoms with van der Waals surface area (Å²) in [5, 5.41) is 4.80. The lowest BCUT2D eigenvalue weighted by Crippen LogP contribution is -2.41. The van der Waals surface area contributed by atoms with E-state index in [1.54, 1.807) is 18.2 Å². The Balaban J connectivity index is 1.39. The van der Waals surface area contributed by atoms with Gasteiger partial charge >= 0.3 is 0 Å². The molecule has 0 radical (unpaired) electrons. The summed E-state index contributed by atoms with van der Waals surface area (Å²) in [5.41, 5.74) is 6.43. The van der Waals surface area contributed by atoms with Crippen molar-refractivity contribution in [3.8, 4) is 0 Å². The molecule has 5 heteroatoms. The molecule has 0 aliphatic heterocycles. The van der Waals surface area contributed by atoms with Gasteiger partial charge in [0.1, 0.15) is 0 Å². The first kappa shape index (κ1) is 20.4. The van der Waals surface area contributed by atoms with E-state index >= 15 is 0 Å². The van der Waals surface area contributed by atoms with E-state index in [2.05, 4.69) is 10.7 Å². The van der Waals surface area contributed by atoms with Crippen LogP contribution in [0.3, 0.4) is 0 Å². The van der Waals surface area contributed by atoms with Crippen LogP contribution in [-0.2, 0) is 11.3 Å². The lowest BCUT2D eigenvalue weighted by atomic mass is 10.1. The van der Waals surface area contributed by atoms with E-state index in [0.29, 0.717) is 18.2 Å². The Bertz CT molecular complexity index is 1040. The van der Waals surface area contributed by atoms with E-state index in [1.165, 1.54) is 6.08 Å². The minimum Gasteiger partial charge on any atom is -0.349 e. The molecule has 1 aliphatic carbocycles. The summed E-state index contributed by atoms with van der Waals surface area (Å²) in [4.78, 5) is 24.7. The van der Waals surface area contributed by atoms with Crippen molar-refractivity contribution in [1.82, 2.24) is 10.7 Å². The van der Waals surface area contributed by atoms with Gasteiger partial charge in [0.2, 0.25) is 0 Å². The molecule has 2 amide bonds. The summed E-state index contributed by atoms with van der Waals surface area (Å²) in [6.07, 6.45) is 5.36.